The van der Waals surface area contributed by atoms with Gasteiger partial charge in [0.15, 0.2) is 5.16 Å². The first-order chi connectivity index (χ1) is 12.3. The molecule has 0 bridgehead atoms. The minimum Gasteiger partial charge on any atom is -0.311 e. The minimum atomic E-state index is -3.64. The van der Waals surface area contributed by atoms with Gasteiger partial charge in [0.05, 0.1) is 21.5 Å². The molecule has 3 aromatic rings. The lowest BCUT2D eigenvalue weighted by molar-refractivity contribution is 0.600. The van der Waals surface area contributed by atoms with E-state index >= 15 is 0 Å². The van der Waals surface area contributed by atoms with Gasteiger partial charge in [-0.15, -0.1) is 10.2 Å². The van der Waals surface area contributed by atoms with E-state index in [1.165, 1.54) is 11.8 Å². The molecule has 26 heavy (non-hydrogen) atoms. The summed E-state index contributed by atoms with van der Waals surface area (Å²) in [6.07, 6.45) is 1.58. The summed E-state index contributed by atoms with van der Waals surface area (Å²) in [4.78, 5) is 0.723. The molecule has 1 aromatic heterocycles. The molecule has 0 aliphatic heterocycles. The van der Waals surface area contributed by atoms with Crippen molar-refractivity contribution in [3.63, 3.8) is 0 Å². The molecule has 0 saturated carbocycles. The number of para-hydroxylation sites is 1. The van der Waals surface area contributed by atoms with Gasteiger partial charge in [0.25, 0.3) is 0 Å². The highest BCUT2D eigenvalue weighted by Crippen LogP contribution is 2.32. The third-order valence-corrected chi connectivity index (χ3v) is 6.48. The fraction of sp³-hybridized carbons (Fsp3) is 0.125. The van der Waals surface area contributed by atoms with Crippen molar-refractivity contribution < 1.29 is 8.42 Å². The van der Waals surface area contributed by atoms with Crippen LogP contribution in [0.3, 0.4) is 0 Å². The molecule has 0 aliphatic rings. The van der Waals surface area contributed by atoms with Crippen LogP contribution in [0.4, 0.5) is 5.69 Å². The average molecular weight is 429 g/mol. The summed E-state index contributed by atoms with van der Waals surface area (Å²) < 4.78 is 29.5. The first-order valence-corrected chi connectivity index (χ1v) is 10.6. The number of benzene rings is 2. The van der Waals surface area contributed by atoms with Gasteiger partial charge < -0.3 is 4.57 Å². The molecule has 0 aliphatic carbocycles. The Bertz CT molecular complexity index is 1040. The van der Waals surface area contributed by atoms with E-state index in [2.05, 4.69) is 14.9 Å². The molecule has 1 heterocycles. The quantitative estimate of drug-likeness (QED) is 0.635. The largest absolute Gasteiger partial charge is 0.311 e. The smallest absolute Gasteiger partial charge is 0.236 e. The first-order valence-electron chi connectivity index (χ1n) is 7.39. The molecule has 10 heteroatoms. The Morgan fingerprint density at radius 3 is 2.62 bits per heavy atom. The maximum absolute atomic E-state index is 12.6. The molecule has 1 N–H and O–H groups in total. The van der Waals surface area contributed by atoms with Gasteiger partial charge in [0.1, 0.15) is 6.33 Å². The number of aryl methyl sites for hydroxylation is 1. The second-order valence-corrected chi connectivity index (χ2v) is 8.98. The zero-order valence-corrected chi connectivity index (χ0v) is 16.7. The molecule has 6 nitrogen and oxygen atoms in total. The van der Waals surface area contributed by atoms with Crippen molar-refractivity contribution in [1.29, 1.82) is 0 Å². The highest BCUT2D eigenvalue weighted by atomic mass is 35.5. The maximum Gasteiger partial charge on any atom is 0.236 e. The minimum absolute atomic E-state index is 0.215. The third kappa shape index (κ3) is 4.70. The van der Waals surface area contributed by atoms with Gasteiger partial charge in [0, 0.05) is 11.9 Å². The first kappa shape index (κ1) is 19.0. The van der Waals surface area contributed by atoms with Gasteiger partial charge in [-0.1, -0.05) is 41.4 Å². The van der Waals surface area contributed by atoms with E-state index in [9.17, 15) is 8.42 Å². The van der Waals surface area contributed by atoms with Crippen molar-refractivity contribution >= 4 is 50.7 Å². The van der Waals surface area contributed by atoms with Gasteiger partial charge >= 0.3 is 0 Å². The summed E-state index contributed by atoms with van der Waals surface area (Å²) in [6, 6.07) is 11.9. The third-order valence-electron chi connectivity index (χ3n) is 3.36. The predicted molar refractivity (Wildman–Crippen MR) is 104 cm³/mol. The Hall–Kier alpha value is -1.74. The Kier molecular flexibility index (Phi) is 5.76. The van der Waals surface area contributed by atoms with Crippen molar-refractivity contribution in [1.82, 2.24) is 14.8 Å². The van der Waals surface area contributed by atoms with E-state index in [0.29, 0.717) is 26.5 Å². The van der Waals surface area contributed by atoms with Crippen LogP contribution in [-0.2, 0) is 22.8 Å². The molecule has 0 saturated heterocycles. The van der Waals surface area contributed by atoms with E-state index in [4.69, 9.17) is 23.2 Å². The molecular weight excluding hydrogens is 415 g/mol. The number of aromatic nitrogens is 3. The Labute approximate surface area is 165 Å². The van der Waals surface area contributed by atoms with Crippen LogP contribution < -0.4 is 4.72 Å². The number of sulfonamides is 1. The summed E-state index contributed by atoms with van der Waals surface area (Å²) in [5.41, 5.74) is 1.02. The van der Waals surface area contributed by atoms with Crippen LogP contribution in [0.25, 0.3) is 0 Å². The SMILES string of the molecule is Cn1cnnc1Sc1ccccc1NS(=O)(=O)Cc1ccc(Cl)c(Cl)c1. The lowest BCUT2D eigenvalue weighted by Crippen LogP contribution is -2.15. The molecule has 0 radical (unpaired) electrons. The van der Waals surface area contributed by atoms with Crippen LogP contribution in [0.1, 0.15) is 5.56 Å². The number of hydrogen-bond acceptors (Lipinski definition) is 5. The van der Waals surface area contributed by atoms with E-state index < -0.39 is 10.0 Å². The summed E-state index contributed by atoms with van der Waals surface area (Å²) in [6.45, 7) is 0. The zero-order chi connectivity index (χ0) is 18.7. The van der Waals surface area contributed by atoms with Crippen molar-refractivity contribution in [3.8, 4) is 0 Å². The van der Waals surface area contributed by atoms with Crippen LogP contribution in [0, 0.1) is 0 Å². The van der Waals surface area contributed by atoms with Crippen molar-refractivity contribution in [3.05, 3.63) is 64.4 Å². The second-order valence-electron chi connectivity index (χ2n) is 5.43. The molecule has 3 rings (SSSR count). The zero-order valence-electron chi connectivity index (χ0n) is 13.6. The highest BCUT2D eigenvalue weighted by molar-refractivity contribution is 7.99. The lowest BCUT2D eigenvalue weighted by Gasteiger charge is -2.12. The summed E-state index contributed by atoms with van der Waals surface area (Å²) in [7, 11) is -1.82. The van der Waals surface area contributed by atoms with E-state index in [1.54, 1.807) is 41.2 Å². The number of rotatable bonds is 6. The van der Waals surface area contributed by atoms with Crippen LogP contribution in [-0.4, -0.2) is 23.2 Å². The van der Waals surface area contributed by atoms with Crippen LogP contribution in [0.15, 0.2) is 58.8 Å². The Morgan fingerprint density at radius 2 is 1.92 bits per heavy atom. The molecule has 0 amide bonds. The normalized spacial score (nSPS) is 11.5. The monoisotopic (exact) mass is 428 g/mol. The number of hydrogen-bond donors (Lipinski definition) is 1. The summed E-state index contributed by atoms with van der Waals surface area (Å²) >= 11 is 13.1. The standard InChI is InChI=1S/C16H14Cl2N4O2S2/c1-22-10-19-20-16(22)25-15-5-3-2-4-14(15)21-26(23,24)9-11-6-7-12(17)13(18)8-11/h2-8,10,21H,9H2,1H3. The number of nitrogens with zero attached hydrogens (tertiary/aromatic N) is 3. The molecule has 0 spiro atoms. The Balaban J connectivity index is 1.81. The van der Waals surface area contributed by atoms with Crippen molar-refractivity contribution in [2.45, 2.75) is 15.8 Å². The second kappa shape index (κ2) is 7.87. The van der Waals surface area contributed by atoms with Crippen LogP contribution in [0.5, 0.6) is 0 Å². The number of anilines is 1. The van der Waals surface area contributed by atoms with E-state index in [1.807, 2.05) is 19.2 Å². The summed E-state index contributed by atoms with van der Waals surface area (Å²) in [5.74, 6) is -0.215. The molecule has 136 valence electrons. The Morgan fingerprint density at radius 1 is 1.15 bits per heavy atom. The van der Waals surface area contributed by atoms with Crippen LogP contribution in [0.2, 0.25) is 10.0 Å². The average Bonchev–Trinajstić information content (AvgIpc) is 2.97. The van der Waals surface area contributed by atoms with Crippen molar-refractivity contribution in [2.75, 3.05) is 4.72 Å². The van der Waals surface area contributed by atoms with Crippen LogP contribution >= 0.6 is 35.0 Å². The molecule has 0 unspecified atom stereocenters. The van der Waals surface area contributed by atoms with Gasteiger partial charge in [-0.3, -0.25) is 4.72 Å². The number of nitrogens with one attached hydrogen (secondary N) is 1. The van der Waals surface area contributed by atoms with Gasteiger partial charge in [-0.25, -0.2) is 8.42 Å². The van der Waals surface area contributed by atoms with Gasteiger partial charge in [0.2, 0.25) is 10.0 Å². The summed E-state index contributed by atoms with van der Waals surface area (Å²) in [5, 5.41) is 9.18. The topological polar surface area (TPSA) is 76.9 Å². The fourth-order valence-corrected chi connectivity index (χ4v) is 4.60. The number of halogens is 2. The predicted octanol–water partition coefficient (Wildman–Crippen LogP) is 4.22. The van der Waals surface area contributed by atoms with E-state index in [-0.39, 0.29) is 5.75 Å². The fourth-order valence-electron chi connectivity index (χ4n) is 2.16. The highest BCUT2D eigenvalue weighted by Gasteiger charge is 2.16. The van der Waals surface area contributed by atoms with E-state index in [0.717, 1.165) is 4.90 Å². The molecule has 0 fully saturated rings. The van der Waals surface area contributed by atoms with Gasteiger partial charge in [-0.2, -0.15) is 0 Å². The lowest BCUT2D eigenvalue weighted by atomic mass is 10.2. The van der Waals surface area contributed by atoms with Gasteiger partial charge in [-0.05, 0) is 41.6 Å². The molecule has 0 atom stereocenters. The molecular formula is C16H14Cl2N4O2S2. The maximum atomic E-state index is 12.6. The van der Waals surface area contributed by atoms with Crippen molar-refractivity contribution in [2.24, 2.45) is 7.05 Å². The molecule has 2 aromatic carbocycles.